The molecule has 28 heavy (non-hydrogen) atoms. The van der Waals surface area contributed by atoms with Gasteiger partial charge >= 0.3 is 0 Å². The van der Waals surface area contributed by atoms with Crippen LogP contribution in [0.1, 0.15) is 18.4 Å². The minimum Gasteiger partial charge on any atom is -0.383 e. The Morgan fingerprint density at radius 1 is 1.11 bits per heavy atom. The third-order valence-electron chi connectivity index (χ3n) is 4.74. The number of halogens is 1. The Bertz CT molecular complexity index is 807. The standard InChI is InChI=1S/C20H23FN4O3/c21-16-3-1-15(2-4-16)13-24(18-9-10-18)14-20(26)23-12-11-22-17-5-7-19(8-6-17)25(27)28/h1-8,18,22H,9-14H2,(H,23,26)/p+1. The van der Waals surface area contributed by atoms with Crippen molar-refractivity contribution < 1.29 is 19.0 Å². The van der Waals surface area contributed by atoms with Crippen molar-refractivity contribution in [1.29, 1.82) is 0 Å². The number of rotatable bonds is 10. The number of hydrogen-bond acceptors (Lipinski definition) is 4. The zero-order chi connectivity index (χ0) is 19.9. The SMILES string of the molecule is O=C(C[NH+](Cc1ccc(F)cc1)C1CC1)NCCNc1ccc([N+](=O)[O-])cc1. The van der Waals surface area contributed by atoms with E-state index in [9.17, 15) is 19.3 Å². The van der Waals surface area contributed by atoms with E-state index in [2.05, 4.69) is 10.6 Å². The number of carbonyl (C=O) groups is 1. The van der Waals surface area contributed by atoms with Crippen molar-refractivity contribution in [2.45, 2.75) is 25.4 Å². The summed E-state index contributed by atoms with van der Waals surface area (Å²) in [4.78, 5) is 23.7. The van der Waals surface area contributed by atoms with Crippen LogP contribution in [-0.2, 0) is 11.3 Å². The molecular weight excluding hydrogens is 363 g/mol. The van der Waals surface area contributed by atoms with Crippen LogP contribution in [0.3, 0.4) is 0 Å². The highest BCUT2D eigenvalue weighted by Crippen LogP contribution is 2.16. The quantitative estimate of drug-likeness (QED) is 0.328. The maximum Gasteiger partial charge on any atom is 0.275 e. The van der Waals surface area contributed by atoms with Gasteiger partial charge in [-0.25, -0.2) is 4.39 Å². The summed E-state index contributed by atoms with van der Waals surface area (Å²) in [5, 5.41) is 16.7. The molecule has 3 rings (SSSR count). The van der Waals surface area contributed by atoms with Gasteiger partial charge in [0.05, 0.1) is 11.0 Å². The van der Waals surface area contributed by atoms with Crippen LogP contribution in [0.15, 0.2) is 48.5 Å². The van der Waals surface area contributed by atoms with Crippen molar-refractivity contribution in [2.75, 3.05) is 25.0 Å². The first-order valence-corrected chi connectivity index (χ1v) is 9.35. The lowest BCUT2D eigenvalue weighted by Gasteiger charge is -2.19. The van der Waals surface area contributed by atoms with Gasteiger partial charge in [-0.15, -0.1) is 0 Å². The summed E-state index contributed by atoms with van der Waals surface area (Å²) in [6.45, 7) is 2.09. The monoisotopic (exact) mass is 387 g/mol. The molecule has 148 valence electrons. The second-order valence-electron chi connectivity index (χ2n) is 6.99. The molecule has 1 aliphatic rings. The zero-order valence-corrected chi connectivity index (χ0v) is 15.5. The Morgan fingerprint density at radius 2 is 1.79 bits per heavy atom. The number of carbonyl (C=O) groups excluding carboxylic acids is 1. The van der Waals surface area contributed by atoms with Crippen LogP contribution in [0, 0.1) is 15.9 Å². The Labute approximate surface area is 162 Å². The van der Waals surface area contributed by atoms with Crippen LogP contribution in [-0.4, -0.2) is 36.5 Å². The molecular formula is C20H24FN4O3+. The summed E-state index contributed by atoms with van der Waals surface area (Å²) >= 11 is 0. The second kappa shape index (κ2) is 9.27. The molecule has 2 aromatic rings. The molecule has 7 nitrogen and oxygen atoms in total. The topological polar surface area (TPSA) is 88.7 Å². The molecule has 1 amide bonds. The summed E-state index contributed by atoms with van der Waals surface area (Å²) in [7, 11) is 0. The van der Waals surface area contributed by atoms with Gasteiger partial charge in [0.2, 0.25) is 0 Å². The van der Waals surface area contributed by atoms with Crippen molar-refractivity contribution in [3.05, 3.63) is 70.0 Å². The summed E-state index contributed by atoms with van der Waals surface area (Å²) in [6, 6.07) is 13.1. The fourth-order valence-electron chi connectivity index (χ4n) is 3.09. The largest absolute Gasteiger partial charge is 0.383 e. The molecule has 1 aliphatic carbocycles. The average Bonchev–Trinajstić information content (AvgIpc) is 3.52. The average molecular weight is 387 g/mol. The summed E-state index contributed by atoms with van der Waals surface area (Å²) in [5.74, 6) is -0.274. The van der Waals surface area contributed by atoms with Crippen molar-refractivity contribution >= 4 is 17.3 Å². The molecule has 0 aromatic heterocycles. The van der Waals surface area contributed by atoms with E-state index in [4.69, 9.17) is 0 Å². The lowest BCUT2D eigenvalue weighted by molar-refractivity contribution is -0.917. The molecule has 0 saturated heterocycles. The van der Waals surface area contributed by atoms with Gasteiger partial charge in [0.25, 0.3) is 11.6 Å². The third kappa shape index (κ3) is 6.02. The Kier molecular flexibility index (Phi) is 6.54. The highest BCUT2D eigenvalue weighted by atomic mass is 19.1. The van der Waals surface area contributed by atoms with Crippen LogP contribution in [0.25, 0.3) is 0 Å². The highest BCUT2D eigenvalue weighted by molar-refractivity contribution is 5.76. The molecule has 0 aliphatic heterocycles. The zero-order valence-electron chi connectivity index (χ0n) is 15.5. The number of nitrogens with zero attached hydrogens (tertiary/aromatic N) is 1. The first-order valence-electron chi connectivity index (χ1n) is 9.35. The van der Waals surface area contributed by atoms with E-state index in [0.29, 0.717) is 32.2 Å². The van der Waals surface area contributed by atoms with Crippen LogP contribution in [0.4, 0.5) is 15.8 Å². The third-order valence-corrected chi connectivity index (χ3v) is 4.74. The van der Waals surface area contributed by atoms with Crippen molar-refractivity contribution in [1.82, 2.24) is 5.32 Å². The number of non-ortho nitro benzene ring substituents is 1. The van der Waals surface area contributed by atoms with E-state index >= 15 is 0 Å². The summed E-state index contributed by atoms with van der Waals surface area (Å²) in [5.41, 5.74) is 1.83. The van der Waals surface area contributed by atoms with E-state index in [0.717, 1.165) is 24.1 Å². The summed E-state index contributed by atoms with van der Waals surface area (Å²) < 4.78 is 13.0. The van der Waals surface area contributed by atoms with E-state index in [-0.39, 0.29) is 17.4 Å². The molecule has 0 radical (unpaired) electrons. The van der Waals surface area contributed by atoms with E-state index in [1.807, 2.05) is 0 Å². The molecule has 1 atom stereocenters. The van der Waals surface area contributed by atoms with Crippen molar-refractivity contribution in [3.63, 3.8) is 0 Å². The molecule has 1 unspecified atom stereocenters. The first kappa shape index (κ1) is 19.8. The lowest BCUT2D eigenvalue weighted by atomic mass is 10.2. The number of amides is 1. The maximum atomic E-state index is 13.0. The number of anilines is 1. The van der Waals surface area contributed by atoms with E-state index < -0.39 is 4.92 Å². The minimum absolute atomic E-state index is 0.0190. The maximum absolute atomic E-state index is 13.0. The molecule has 2 aromatic carbocycles. The van der Waals surface area contributed by atoms with Gasteiger partial charge in [0.1, 0.15) is 12.4 Å². The van der Waals surface area contributed by atoms with Crippen LogP contribution >= 0.6 is 0 Å². The number of nitro groups is 1. The number of benzene rings is 2. The fourth-order valence-corrected chi connectivity index (χ4v) is 3.09. The minimum atomic E-state index is -0.441. The molecule has 0 bridgehead atoms. The first-order chi connectivity index (χ1) is 13.5. The van der Waals surface area contributed by atoms with Crippen molar-refractivity contribution in [2.24, 2.45) is 0 Å². The van der Waals surface area contributed by atoms with Gasteiger partial charge in [0.15, 0.2) is 6.54 Å². The molecule has 8 heteroatoms. The predicted molar refractivity (Wildman–Crippen MR) is 104 cm³/mol. The summed E-state index contributed by atoms with van der Waals surface area (Å²) in [6.07, 6.45) is 2.23. The molecule has 0 heterocycles. The number of nitro benzene ring substituents is 1. The van der Waals surface area contributed by atoms with Crippen LogP contribution < -0.4 is 15.5 Å². The molecule has 1 fully saturated rings. The normalized spacial score (nSPS) is 14.3. The fraction of sp³-hybridized carbons (Fsp3) is 0.350. The van der Waals surface area contributed by atoms with Crippen LogP contribution in [0.2, 0.25) is 0 Å². The van der Waals surface area contributed by atoms with Gasteiger partial charge in [-0.3, -0.25) is 14.9 Å². The number of hydrogen-bond donors (Lipinski definition) is 3. The predicted octanol–water partition coefficient (Wildman–Crippen LogP) is 1.51. The Morgan fingerprint density at radius 3 is 2.39 bits per heavy atom. The lowest BCUT2D eigenvalue weighted by Crippen LogP contribution is -3.13. The van der Waals surface area contributed by atoms with Gasteiger partial charge in [0, 0.05) is 49.3 Å². The van der Waals surface area contributed by atoms with Crippen molar-refractivity contribution in [3.8, 4) is 0 Å². The van der Waals surface area contributed by atoms with E-state index in [1.54, 1.807) is 24.3 Å². The van der Waals surface area contributed by atoms with Gasteiger partial charge in [-0.2, -0.15) is 0 Å². The van der Waals surface area contributed by atoms with Gasteiger partial charge < -0.3 is 15.5 Å². The second-order valence-corrected chi connectivity index (χ2v) is 6.99. The molecule has 1 saturated carbocycles. The van der Waals surface area contributed by atoms with Crippen LogP contribution in [0.5, 0.6) is 0 Å². The van der Waals surface area contributed by atoms with E-state index in [1.165, 1.54) is 29.2 Å². The number of nitrogens with one attached hydrogen (secondary N) is 3. The number of quaternary nitrogens is 1. The smallest absolute Gasteiger partial charge is 0.275 e. The highest BCUT2D eigenvalue weighted by Gasteiger charge is 2.34. The Hall–Kier alpha value is -3.00. The Balaban J connectivity index is 1.40. The van der Waals surface area contributed by atoms with Gasteiger partial charge in [-0.05, 0) is 24.3 Å². The molecule has 0 spiro atoms. The van der Waals surface area contributed by atoms with Gasteiger partial charge in [-0.1, -0.05) is 12.1 Å². The molecule has 3 N–H and O–H groups in total.